The molecule has 0 amide bonds. The Morgan fingerprint density at radius 1 is 1.22 bits per heavy atom. The van der Waals surface area contributed by atoms with Crippen molar-refractivity contribution >= 4 is 0 Å². The zero-order valence-electron chi connectivity index (χ0n) is 11.5. The minimum Gasteiger partial charge on any atom is -0.330 e. The molecule has 1 aliphatic rings. The van der Waals surface area contributed by atoms with Gasteiger partial charge in [0.15, 0.2) is 0 Å². The Morgan fingerprint density at radius 3 is 2.44 bits per heavy atom. The number of hydrogen-bond acceptors (Lipinski definition) is 2. The molecule has 1 saturated heterocycles. The van der Waals surface area contributed by atoms with E-state index in [0.717, 1.165) is 18.9 Å². The van der Waals surface area contributed by atoms with Crippen LogP contribution in [0.15, 0.2) is 30.3 Å². The summed E-state index contributed by atoms with van der Waals surface area (Å²) in [6, 6.07) is 11.4. The third-order valence-electron chi connectivity index (χ3n) is 4.29. The van der Waals surface area contributed by atoms with Gasteiger partial charge in [0.2, 0.25) is 0 Å². The molecule has 0 saturated carbocycles. The molecule has 100 valence electrons. The van der Waals surface area contributed by atoms with Crippen molar-refractivity contribution in [1.82, 2.24) is 4.90 Å². The van der Waals surface area contributed by atoms with Crippen molar-refractivity contribution < 1.29 is 0 Å². The van der Waals surface area contributed by atoms with E-state index in [4.69, 9.17) is 5.73 Å². The number of benzene rings is 1. The fourth-order valence-corrected chi connectivity index (χ4v) is 3.07. The maximum atomic E-state index is 5.80. The SMILES string of the molecule is CCC1CCN(C(CCN)c2ccccc2)CC1. The van der Waals surface area contributed by atoms with Crippen LogP contribution in [0.5, 0.6) is 0 Å². The van der Waals surface area contributed by atoms with Crippen molar-refractivity contribution in [1.29, 1.82) is 0 Å². The smallest absolute Gasteiger partial charge is 0.0360 e. The zero-order chi connectivity index (χ0) is 12.8. The Labute approximate surface area is 111 Å². The van der Waals surface area contributed by atoms with Crippen LogP contribution in [-0.2, 0) is 0 Å². The van der Waals surface area contributed by atoms with Gasteiger partial charge in [-0.25, -0.2) is 0 Å². The summed E-state index contributed by atoms with van der Waals surface area (Å²) in [5, 5.41) is 0. The summed E-state index contributed by atoms with van der Waals surface area (Å²) in [5.74, 6) is 0.940. The first-order chi connectivity index (χ1) is 8.85. The molecule has 2 rings (SSSR count). The minimum absolute atomic E-state index is 0.522. The van der Waals surface area contributed by atoms with E-state index in [1.165, 1.54) is 37.9 Å². The van der Waals surface area contributed by atoms with Crippen LogP contribution in [0.4, 0.5) is 0 Å². The molecule has 1 unspecified atom stereocenters. The standard InChI is InChI=1S/C16H26N2/c1-2-14-9-12-18(13-10-14)16(8-11-17)15-6-4-3-5-7-15/h3-7,14,16H,2,8-13,17H2,1H3. The minimum atomic E-state index is 0.522. The van der Waals surface area contributed by atoms with Gasteiger partial charge in [-0.1, -0.05) is 43.7 Å². The molecule has 0 aliphatic carbocycles. The average molecular weight is 246 g/mol. The average Bonchev–Trinajstić information content (AvgIpc) is 2.46. The monoisotopic (exact) mass is 246 g/mol. The van der Waals surface area contributed by atoms with Crippen molar-refractivity contribution in [2.75, 3.05) is 19.6 Å². The van der Waals surface area contributed by atoms with Gasteiger partial charge in [-0.3, -0.25) is 4.90 Å². The van der Waals surface area contributed by atoms with Gasteiger partial charge < -0.3 is 5.73 Å². The Kier molecular flexibility index (Phi) is 5.21. The van der Waals surface area contributed by atoms with E-state index in [-0.39, 0.29) is 0 Å². The third-order valence-corrected chi connectivity index (χ3v) is 4.29. The van der Waals surface area contributed by atoms with Crippen molar-refractivity contribution in [2.45, 2.75) is 38.6 Å². The van der Waals surface area contributed by atoms with Gasteiger partial charge in [0.25, 0.3) is 0 Å². The zero-order valence-corrected chi connectivity index (χ0v) is 11.5. The largest absolute Gasteiger partial charge is 0.330 e. The van der Waals surface area contributed by atoms with E-state index in [9.17, 15) is 0 Å². The van der Waals surface area contributed by atoms with E-state index in [1.807, 2.05) is 0 Å². The molecule has 0 radical (unpaired) electrons. The molecule has 1 aromatic rings. The van der Waals surface area contributed by atoms with Crippen molar-refractivity contribution in [2.24, 2.45) is 11.7 Å². The van der Waals surface area contributed by atoms with E-state index in [1.54, 1.807) is 0 Å². The van der Waals surface area contributed by atoms with Crippen molar-refractivity contribution in [3.63, 3.8) is 0 Å². The van der Waals surface area contributed by atoms with Gasteiger partial charge in [0.1, 0.15) is 0 Å². The fourth-order valence-electron chi connectivity index (χ4n) is 3.07. The van der Waals surface area contributed by atoms with Gasteiger partial charge in [-0.15, -0.1) is 0 Å². The van der Waals surface area contributed by atoms with Gasteiger partial charge >= 0.3 is 0 Å². The molecule has 1 aromatic carbocycles. The summed E-state index contributed by atoms with van der Waals surface area (Å²) in [4.78, 5) is 2.63. The number of piperidine rings is 1. The number of likely N-dealkylation sites (tertiary alicyclic amines) is 1. The Balaban J connectivity index is 2.02. The van der Waals surface area contributed by atoms with Crippen molar-refractivity contribution in [3.05, 3.63) is 35.9 Å². The summed E-state index contributed by atoms with van der Waals surface area (Å²) in [5.41, 5.74) is 7.23. The lowest BCUT2D eigenvalue weighted by atomic mass is 9.91. The fraction of sp³-hybridized carbons (Fsp3) is 0.625. The topological polar surface area (TPSA) is 29.3 Å². The van der Waals surface area contributed by atoms with Gasteiger partial charge in [-0.2, -0.15) is 0 Å². The highest BCUT2D eigenvalue weighted by Gasteiger charge is 2.24. The first-order valence-electron chi connectivity index (χ1n) is 7.34. The van der Waals surface area contributed by atoms with Crippen LogP contribution < -0.4 is 5.73 Å². The molecule has 1 heterocycles. The van der Waals surface area contributed by atoms with Crippen LogP contribution in [0, 0.1) is 5.92 Å². The molecule has 2 nitrogen and oxygen atoms in total. The van der Waals surface area contributed by atoms with Crippen LogP contribution in [-0.4, -0.2) is 24.5 Å². The normalized spacial score (nSPS) is 19.9. The molecule has 0 bridgehead atoms. The van der Waals surface area contributed by atoms with Crippen molar-refractivity contribution in [3.8, 4) is 0 Å². The molecule has 0 spiro atoms. The number of hydrogen-bond donors (Lipinski definition) is 1. The van der Waals surface area contributed by atoms with Crippen LogP contribution >= 0.6 is 0 Å². The summed E-state index contributed by atoms with van der Waals surface area (Å²) in [6.45, 7) is 5.55. The van der Waals surface area contributed by atoms with Crippen LogP contribution in [0.3, 0.4) is 0 Å². The molecule has 2 N–H and O–H groups in total. The molecular formula is C16H26N2. The summed E-state index contributed by atoms with van der Waals surface area (Å²) >= 11 is 0. The van der Waals surface area contributed by atoms with E-state index in [0.29, 0.717) is 6.04 Å². The Bertz CT molecular complexity index is 328. The number of nitrogens with zero attached hydrogens (tertiary/aromatic N) is 1. The molecule has 1 aliphatic heterocycles. The Hall–Kier alpha value is -0.860. The van der Waals surface area contributed by atoms with Gasteiger partial charge in [0, 0.05) is 6.04 Å². The lowest BCUT2D eigenvalue weighted by molar-refractivity contribution is 0.126. The first-order valence-corrected chi connectivity index (χ1v) is 7.34. The van der Waals surface area contributed by atoms with E-state index < -0.39 is 0 Å². The number of nitrogens with two attached hydrogens (primary N) is 1. The second-order valence-electron chi connectivity index (χ2n) is 5.39. The summed E-state index contributed by atoms with van der Waals surface area (Å²) < 4.78 is 0. The lowest BCUT2D eigenvalue weighted by Crippen LogP contribution is -2.37. The highest BCUT2D eigenvalue weighted by atomic mass is 15.2. The second kappa shape index (κ2) is 6.91. The molecular weight excluding hydrogens is 220 g/mol. The van der Waals surface area contributed by atoms with Gasteiger partial charge in [-0.05, 0) is 50.4 Å². The predicted octanol–water partition coefficient (Wildman–Crippen LogP) is 3.20. The highest BCUT2D eigenvalue weighted by molar-refractivity contribution is 5.19. The molecule has 1 atom stereocenters. The number of rotatable bonds is 5. The molecule has 0 aromatic heterocycles. The molecule has 18 heavy (non-hydrogen) atoms. The Morgan fingerprint density at radius 2 is 1.89 bits per heavy atom. The third kappa shape index (κ3) is 3.33. The van der Waals surface area contributed by atoms with Gasteiger partial charge in [0.05, 0.1) is 0 Å². The summed E-state index contributed by atoms with van der Waals surface area (Å²) in [7, 11) is 0. The van der Waals surface area contributed by atoms with Crippen LogP contribution in [0.25, 0.3) is 0 Å². The van der Waals surface area contributed by atoms with E-state index >= 15 is 0 Å². The molecule has 2 heteroatoms. The van der Waals surface area contributed by atoms with Crippen LogP contribution in [0.2, 0.25) is 0 Å². The van der Waals surface area contributed by atoms with Crippen LogP contribution in [0.1, 0.15) is 44.2 Å². The predicted molar refractivity (Wildman–Crippen MR) is 77.4 cm³/mol. The maximum Gasteiger partial charge on any atom is 0.0360 e. The maximum absolute atomic E-state index is 5.80. The highest BCUT2D eigenvalue weighted by Crippen LogP contribution is 2.29. The molecule has 1 fully saturated rings. The van der Waals surface area contributed by atoms with E-state index in [2.05, 4.69) is 42.2 Å². The summed E-state index contributed by atoms with van der Waals surface area (Å²) in [6.07, 6.45) is 5.11. The second-order valence-corrected chi connectivity index (χ2v) is 5.39. The quantitative estimate of drug-likeness (QED) is 0.864. The first kappa shape index (κ1) is 13.6. The lowest BCUT2D eigenvalue weighted by Gasteiger charge is -2.37.